The lowest BCUT2D eigenvalue weighted by molar-refractivity contribution is 0.193. The van der Waals surface area contributed by atoms with Gasteiger partial charge in [-0.05, 0) is 18.2 Å². The Bertz CT molecular complexity index is 844. The van der Waals surface area contributed by atoms with Crippen molar-refractivity contribution in [1.29, 1.82) is 0 Å². The van der Waals surface area contributed by atoms with Crippen molar-refractivity contribution in [2.75, 3.05) is 14.2 Å². The van der Waals surface area contributed by atoms with E-state index in [1.54, 1.807) is 14.2 Å². The zero-order chi connectivity index (χ0) is 17.8. The molecule has 2 aromatic heterocycles. The van der Waals surface area contributed by atoms with Gasteiger partial charge in [0.25, 0.3) is 0 Å². The van der Waals surface area contributed by atoms with Crippen molar-refractivity contribution < 1.29 is 18.7 Å². The molecule has 8 heteroatoms. The van der Waals surface area contributed by atoms with Gasteiger partial charge in [0.05, 0.1) is 19.9 Å². The molecule has 0 saturated carbocycles. The van der Waals surface area contributed by atoms with Crippen molar-refractivity contribution >= 4 is 11.3 Å². The summed E-state index contributed by atoms with van der Waals surface area (Å²) in [5.41, 5.74) is 1.74. The molecule has 0 amide bonds. The van der Waals surface area contributed by atoms with E-state index in [1.165, 1.54) is 11.3 Å². The smallest absolute Gasteiger partial charge is 0.417 e. The van der Waals surface area contributed by atoms with Gasteiger partial charge in [0, 0.05) is 16.9 Å². The Hall–Kier alpha value is -2.61. The number of rotatable bonds is 7. The number of hydrogen-bond acceptors (Lipinski definition) is 8. The van der Waals surface area contributed by atoms with E-state index in [-0.39, 0.29) is 18.6 Å². The summed E-state index contributed by atoms with van der Waals surface area (Å²) in [6.07, 6.45) is 0.157. The van der Waals surface area contributed by atoms with Crippen molar-refractivity contribution in [3.8, 4) is 28.1 Å². The van der Waals surface area contributed by atoms with Crippen LogP contribution in [0.1, 0.15) is 31.3 Å². The van der Waals surface area contributed by atoms with Gasteiger partial charge < -0.3 is 14.2 Å². The maximum Gasteiger partial charge on any atom is 0.417 e. The minimum absolute atomic E-state index is 0.157. The van der Waals surface area contributed by atoms with Crippen molar-refractivity contribution in [3.05, 3.63) is 35.1 Å². The standard InChI is InChI=1S/C17H19N3O4S/c1-10(2)15-19-17(24-20-15)23-8-12-9-25-16(18-12)11-5-6-13(21-3)14(7-11)22-4/h5-7,9-10H,8H2,1-4H3. The Kier molecular flexibility index (Phi) is 5.18. The Morgan fingerprint density at radius 1 is 1.12 bits per heavy atom. The molecular formula is C17H19N3O4S. The summed E-state index contributed by atoms with van der Waals surface area (Å²) in [5.74, 6) is 2.17. The van der Waals surface area contributed by atoms with Gasteiger partial charge in [0.2, 0.25) is 0 Å². The summed E-state index contributed by atoms with van der Waals surface area (Å²) in [5, 5.41) is 6.67. The molecule has 0 aliphatic heterocycles. The van der Waals surface area contributed by atoms with Crippen LogP contribution in [0.15, 0.2) is 28.1 Å². The zero-order valence-electron chi connectivity index (χ0n) is 14.5. The van der Waals surface area contributed by atoms with E-state index >= 15 is 0 Å². The molecule has 0 atom stereocenters. The first-order chi connectivity index (χ1) is 12.1. The molecule has 0 saturated heterocycles. The normalized spacial score (nSPS) is 10.9. The van der Waals surface area contributed by atoms with Gasteiger partial charge in [-0.15, -0.1) is 11.3 Å². The summed E-state index contributed by atoms with van der Waals surface area (Å²) in [7, 11) is 3.22. The first-order valence-electron chi connectivity index (χ1n) is 7.74. The molecule has 0 spiro atoms. The second-order valence-electron chi connectivity index (χ2n) is 5.58. The summed E-state index contributed by atoms with van der Waals surface area (Å²) < 4.78 is 21.2. The molecule has 0 aliphatic rings. The number of hydrogen-bond donors (Lipinski definition) is 0. The van der Waals surface area contributed by atoms with E-state index in [2.05, 4.69) is 15.1 Å². The first-order valence-corrected chi connectivity index (χ1v) is 8.62. The topological polar surface area (TPSA) is 79.5 Å². The number of methoxy groups -OCH3 is 2. The van der Waals surface area contributed by atoms with Crippen LogP contribution in [0, 0.1) is 0 Å². The molecule has 0 N–H and O–H groups in total. The molecule has 25 heavy (non-hydrogen) atoms. The fraction of sp³-hybridized carbons (Fsp3) is 0.353. The van der Waals surface area contributed by atoms with E-state index in [9.17, 15) is 0 Å². The van der Waals surface area contributed by atoms with Gasteiger partial charge in [-0.3, -0.25) is 4.52 Å². The van der Waals surface area contributed by atoms with Gasteiger partial charge in [-0.1, -0.05) is 19.0 Å². The second-order valence-corrected chi connectivity index (χ2v) is 6.43. The van der Waals surface area contributed by atoms with E-state index in [4.69, 9.17) is 18.7 Å². The van der Waals surface area contributed by atoms with Crippen LogP contribution in [0.5, 0.6) is 17.6 Å². The monoisotopic (exact) mass is 361 g/mol. The van der Waals surface area contributed by atoms with Crippen LogP contribution in [0.4, 0.5) is 0 Å². The first kappa shape index (κ1) is 17.2. The van der Waals surface area contributed by atoms with E-state index < -0.39 is 0 Å². The van der Waals surface area contributed by atoms with Crippen LogP contribution in [-0.4, -0.2) is 29.3 Å². The quantitative estimate of drug-likeness (QED) is 0.631. The molecule has 3 rings (SSSR count). The van der Waals surface area contributed by atoms with Gasteiger partial charge in [-0.2, -0.15) is 4.98 Å². The summed E-state index contributed by atoms with van der Waals surface area (Å²) in [6.45, 7) is 4.25. The highest BCUT2D eigenvalue weighted by Crippen LogP contribution is 2.33. The van der Waals surface area contributed by atoms with Gasteiger partial charge in [0.15, 0.2) is 17.3 Å². The van der Waals surface area contributed by atoms with Crippen molar-refractivity contribution in [2.24, 2.45) is 0 Å². The minimum atomic E-state index is 0.157. The Labute approximate surface area is 149 Å². The molecular weight excluding hydrogens is 342 g/mol. The zero-order valence-corrected chi connectivity index (χ0v) is 15.3. The van der Waals surface area contributed by atoms with Crippen LogP contribution < -0.4 is 14.2 Å². The van der Waals surface area contributed by atoms with Gasteiger partial charge in [0.1, 0.15) is 11.6 Å². The van der Waals surface area contributed by atoms with Crippen LogP contribution in [0.25, 0.3) is 10.6 Å². The lowest BCUT2D eigenvalue weighted by Gasteiger charge is -2.08. The number of aromatic nitrogens is 3. The molecule has 0 radical (unpaired) electrons. The molecule has 3 aromatic rings. The lowest BCUT2D eigenvalue weighted by Crippen LogP contribution is -1.97. The second kappa shape index (κ2) is 7.52. The fourth-order valence-electron chi connectivity index (χ4n) is 2.12. The van der Waals surface area contributed by atoms with Crippen LogP contribution in [0.3, 0.4) is 0 Å². The van der Waals surface area contributed by atoms with Crippen LogP contribution >= 0.6 is 11.3 Å². The summed E-state index contributed by atoms with van der Waals surface area (Å²) in [6, 6.07) is 5.70. The molecule has 0 aliphatic carbocycles. The highest BCUT2D eigenvalue weighted by molar-refractivity contribution is 7.13. The number of ether oxygens (including phenoxy) is 3. The van der Waals surface area contributed by atoms with E-state index in [1.807, 2.05) is 37.4 Å². The minimum Gasteiger partial charge on any atom is -0.493 e. The predicted octanol–water partition coefficient (Wildman–Crippen LogP) is 3.91. The van der Waals surface area contributed by atoms with Gasteiger partial charge >= 0.3 is 6.08 Å². The summed E-state index contributed by atoms with van der Waals surface area (Å²) in [4.78, 5) is 8.75. The SMILES string of the molecule is COc1ccc(-c2nc(COc3nc(C(C)C)no3)cs2)cc1OC. The molecule has 7 nitrogen and oxygen atoms in total. The largest absolute Gasteiger partial charge is 0.493 e. The van der Waals surface area contributed by atoms with Crippen LogP contribution in [-0.2, 0) is 6.61 Å². The lowest BCUT2D eigenvalue weighted by atomic mass is 10.2. The third-order valence-corrected chi connectivity index (χ3v) is 4.41. The number of benzene rings is 1. The molecule has 2 heterocycles. The molecule has 0 unspecified atom stereocenters. The highest BCUT2D eigenvalue weighted by Gasteiger charge is 2.13. The number of nitrogens with zero attached hydrogens (tertiary/aromatic N) is 3. The third kappa shape index (κ3) is 3.90. The maximum atomic E-state index is 5.51. The van der Waals surface area contributed by atoms with E-state index in [0.29, 0.717) is 17.3 Å². The van der Waals surface area contributed by atoms with Gasteiger partial charge in [-0.25, -0.2) is 4.98 Å². The highest BCUT2D eigenvalue weighted by atomic mass is 32.1. The van der Waals surface area contributed by atoms with Crippen molar-refractivity contribution in [3.63, 3.8) is 0 Å². The van der Waals surface area contributed by atoms with E-state index in [0.717, 1.165) is 16.3 Å². The maximum absolute atomic E-state index is 5.51. The average Bonchev–Trinajstić information content (AvgIpc) is 3.28. The number of thiazole rings is 1. The van der Waals surface area contributed by atoms with Crippen LogP contribution in [0.2, 0.25) is 0 Å². The molecule has 1 aromatic carbocycles. The van der Waals surface area contributed by atoms with Crippen molar-refractivity contribution in [2.45, 2.75) is 26.4 Å². The van der Waals surface area contributed by atoms with Crippen molar-refractivity contribution in [1.82, 2.24) is 15.1 Å². The molecule has 0 bridgehead atoms. The molecule has 0 fully saturated rings. The average molecular weight is 361 g/mol. The Morgan fingerprint density at radius 3 is 2.60 bits per heavy atom. The summed E-state index contributed by atoms with van der Waals surface area (Å²) >= 11 is 1.53. The predicted molar refractivity (Wildman–Crippen MR) is 93.4 cm³/mol. The Morgan fingerprint density at radius 2 is 1.92 bits per heavy atom. The Balaban J connectivity index is 1.69. The fourth-order valence-corrected chi connectivity index (χ4v) is 2.93. The molecule has 132 valence electrons. The third-order valence-electron chi connectivity index (χ3n) is 3.47.